The van der Waals surface area contributed by atoms with Crippen molar-refractivity contribution in [2.24, 2.45) is 0 Å². The van der Waals surface area contributed by atoms with Gasteiger partial charge >= 0.3 is 0 Å². The first-order valence-corrected chi connectivity index (χ1v) is 11.6. The third-order valence-electron chi connectivity index (χ3n) is 4.21. The lowest BCUT2D eigenvalue weighted by molar-refractivity contribution is 0.0730. The molecule has 1 aliphatic rings. The summed E-state index contributed by atoms with van der Waals surface area (Å²) in [5.41, 5.74) is 0.182. The van der Waals surface area contributed by atoms with E-state index < -0.39 is 15.9 Å². The standard InChI is InChI=1S/C17H21ClN4O4S2/c1-2-3-4-15-20-21-17(27-15)19-16(23)12-5-6-13(18)14(11-12)28(24,25)22-7-9-26-10-8-22/h5-6,11H,2-4,7-10H2,1H3,(H,19,21,23). The Hall–Kier alpha value is -1.59. The zero-order valence-corrected chi connectivity index (χ0v) is 17.7. The molecule has 1 aromatic heterocycles. The first kappa shape index (κ1) is 21.1. The topological polar surface area (TPSA) is 101 Å². The first-order chi connectivity index (χ1) is 13.4. The molecule has 0 unspecified atom stereocenters. The van der Waals surface area contributed by atoms with Gasteiger partial charge in [-0.05, 0) is 24.6 Å². The second-order valence-corrected chi connectivity index (χ2v) is 9.60. The molecule has 11 heteroatoms. The molecule has 2 aromatic rings. The molecule has 0 atom stereocenters. The lowest BCUT2D eigenvalue weighted by Crippen LogP contribution is -2.40. The van der Waals surface area contributed by atoms with Crippen molar-refractivity contribution in [2.45, 2.75) is 31.1 Å². The van der Waals surface area contributed by atoms with Gasteiger partial charge in [0, 0.05) is 25.1 Å². The predicted molar refractivity (Wildman–Crippen MR) is 108 cm³/mol. The van der Waals surface area contributed by atoms with Crippen LogP contribution in [0.4, 0.5) is 5.13 Å². The smallest absolute Gasteiger partial charge is 0.257 e. The van der Waals surface area contributed by atoms with Gasteiger partial charge < -0.3 is 4.74 Å². The van der Waals surface area contributed by atoms with Gasteiger partial charge in [-0.25, -0.2) is 8.42 Å². The third kappa shape index (κ3) is 4.87. The van der Waals surface area contributed by atoms with Crippen LogP contribution >= 0.6 is 22.9 Å². The van der Waals surface area contributed by atoms with E-state index in [1.165, 1.54) is 33.8 Å². The van der Waals surface area contributed by atoms with E-state index in [0.29, 0.717) is 18.3 Å². The molecule has 0 saturated carbocycles. The van der Waals surface area contributed by atoms with Crippen molar-refractivity contribution >= 4 is 44.0 Å². The van der Waals surface area contributed by atoms with Crippen LogP contribution in [0, 0.1) is 0 Å². The van der Waals surface area contributed by atoms with Crippen molar-refractivity contribution in [2.75, 3.05) is 31.6 Å². The number of nitrogens with zero attached hydrogens (tertiary/aromatic N) is 3. The predicted octanol–water partition coefficient (Wildman–Crippen LogP) is 2.81. The van der Waals surface area contributed by atoms with Gasteiger partial charge in [0.25, 0.3) is 5.91 Å². The van der Waals surface area contributed by atoms with E-state index >= 15 is 0 Å². The average molecular weight is 445 g/mol. The fraction of sp³-hybridized carbons (Fsp3) is 0.471. The Bertz CT molecular complexity index is 942. The Morgan fingerprint density at radius 3 is 2.79 bits per heavy atom. The lowest BCUT2D eigenvalue weighted by Gasteiger charge is -2.26. The summed E-state index contributed by atoms with van der Waals surface area (Å²) in [6.07, 6.45) is 2.86. The minimum Gasteiger partial charge on any atom is -0.379 e. The molecule has 1 saturated heterocycles. The summed E-state index contributed by atoms with van der Waals surface area (Å²) >= 11 is 7.44. The van der Waals surface area contributed by atoms with Crippen molar-refractivity contribution in [3.63, 3.8) is 0 Å². The fourth-order valence-corrected chi connectivity index (χ4v) is 5.36. The number of rotatable bonds is 7. The van der Waals surface area contributed by atoms with Crippen LogP contribution < -0.4 is 5.32 Å². The molecule has 0 spiro atoms. The zero-order valence-electron chi connectivity index (χ0n) is 15.4. The quantitative estimate of drug-likeness (QED) is 0.704. The summed E-state index contributed by atoms with van der Waals surface area (Å²) in [6, 6.07) is 4.19. The number of halogens is 1. The van der Waals surface area contributed by atoms with E-state index in [4.69, 9.17) is 16.3 Å². The zero-order chi connectivity index (χ0) is 20.1. The Labute approximate surface area is 172 Å². The number of anilines is 1. The molecule has 0 radical (unpaired) electrons. The van der Waals surface area contributed by atoms with Gasteiger partial charge in [0.1, 0.15) is 9.90 Å². The normalized spacial score (nSPS) is 15.5. The SMILES string of the molecule is CCCCc1nnc(NC(=O)c2ccc(Cl)c(S(=O)(=O)N3CCOCC3)c2)s1. The molecular formula is C17H21ClN4O4S2. The van der Waals surface area contributed by atoms with Crippen LogP contribution in [-0.4, -0.2) is 55.1 Å². The van der Waals surface area contributed by atoms with E-state index in [9.17, 15) is 13.2 Å². The van der Waals surface area contributed by atoms with Crippen LogP contribution in [0.3, 0.4) is 0 Å². The van der Waals surface area contributed by atoms with Gasteiger partial charge in [-0.2, -0.15) is 4.31 Å². The van der Waals surface area contributed by atoms with Crippen LogP contribution in [0.25, 0.3) is 0 Å². The summed E-state index contributed by atoms with van der Waals surface area (Å²) in [7, 11) is -3.81. The number of aromatic nitrogens is 2. The monoisotopic (exact) mass is 444 g/mol. The average Bonchev–Trinajstić information content (AvgIpc) is 3.14. The molecule has 152 valence electrons. The summed E-state index contributed by atoms with van der Waals surface area (Å²) < 4.78 is 32.3. The van der Waals surface area contributed by atoms with Gasteiger partial charge in [-0.15, -0.1) is 10.2 Å². The number of carbonyl (C=O) groups excluding carboxylic acids is 1. The largest absolute Gasteiger partial charge is 0.379 e. The molecule has 1 aromatic carbocycles. The maximum absolute atomic E-state index is 12.9. The van der Waals surface area contributed by atoms with Crippen LogP contribution in [0.1, 0.15) is 35.1 Å². The van der Waals surface area contributed by atoms with E-state index in [1.54, 1.807) is 0 Å². The molecule has 1 fully saturated rings. The molecule has 1 N–H and O–H groups in total. The summed E-state index contributed by atoms with van der Waals surface area (Å²) in [5.74, 6) is -0.465. The van der Waals surface area contributed by atoms with Gasteiger partial charge in [0.15, 0.2) is 0 Å². The van der Waals surface area contributed by atoms with Crippen molar-refractivity contribution in [3.8, 4) is 0 Å². The number of aryl methyl sites for hydroxylation is 1. The molecular weight excluding hydrogens is 424 g/mol. The number of sulfonamides is 1. The Morgan fingerprint density at radius 2 is 2.07 bits per heavy atom. The summed E-state index contributed by atoms with van der Waals surface area (Å²) in [5, 5.41) is 12.0. The fourth-order valence-electron chi connectivity index (χ4n) is 2.67. The number of amides is 1. The van der Waals surface area contributed by atoms with Crippen molar-refractivity contribution < 1.29 is 17.9 Å². The molecule has 2 heterocycles. The second kappa shape index (κ2) is 9.27. The van der Waals surface area contributed by atoms with E-state index in [2.05, 4.69) is 22.4 Å². The molecule has 8 nitrogen and oxygen atoms in total. The maximum Gasteiger partial charge on any atom is 0.257 e. The number of nitrogens with one attached hydrogen (secondary N) is 1. The van der Waals surface area contributed by atoms with Crippen molar-refractivity contribution in [1.29, 1.82) is 0 Å². The van der Waals surface area contributed by atoms with Gasteiger partial charge in [-0.3, -0.25) is 10.1 Å². The third-order valence-corrected chi connectivity index (χ3v) is 7.49. The summed E-state index contributed by atoms with van der Waals surface area (Å²) in [4.78, 5) is 12.5. The molecule has 0 aliphatic carbocycles. The van der Waals surface area contributed by atoms with Crippen LogP contribution in [0.5, 0.6) is 0 Å². The van der Waals surface area contributed by atoms with Gasteiger partial charge in [0.05, 0.1) is 18.2 Å². The summed E-state index contributed by atoms with van der Waals surface area (Å²) in [6.45, 7) is 3.25. The molecule has 3 rings (SSSR count). The minimum atomic E-state index is -3.81. The van der Waals surface area contributed by atoms with Crippen molar-refractivity contribution in [1.82, 2.24) is 14.5 Å². The Morgan fingerprint density at radius 1 is 1.32 bits per heavy atom. The molecule has 28 heavy (non-hydrogen) atoms. The van der Waals surface area contributed by atoms with Crippen LogP contribution in [-0.2, 0) is 21.2 Å². The number of hydrogen-bond donors (Lipinski definition) is 1. The van der Waals surface area contributed by atoms with Crippen LogP contribution in [0.15, 0.2) is 23.1 Å². The highest BCUT2D eigenvalue weighted by atomic mass is 35.5. The highest BCUT2D eigenvalue weighted by Gasteiger charge is 2.29. The minimum absolute atomic E-state index is 0.0702. The number of benzene rings is 1. The maximum atomic E-state index is 12.9. The van der Waals surface area contributed by atoms with E-state index in [-0.39, 0.29) is 28.6 Å². The van der Waals surface area contributed by atoms with E-state index in [0.717, 1.165) is 24.3 Å². The lowest BCUT2D eigenvalue weighted by atomic mass is 10.2. The highest BCUT2D eigenvalue weighted by Crippen LogP contribution is 2.27. The number of hydrogen-bond acceptors (Lipinski definition) is 7. The molecule has 1 amide bonds. The highest BCUT2D eigenvalue weighted by molar-refractivity contribution is 7.89. The Kier molecular flexibility index (Phi) is 7.00. The van der Waals surface area contributed by atoms with Gasteiger partial charge in [0.2, 0.25) is 15.2 Å². The van der Waals surface area contributed by atoms with E-state index in [1.807, 2.05) is 0 Å². The molecule has 1 aliphatic heterocycles. The van der Waals surface area contributed by atoms with Crippen molar-refractivity contribution in [3.05, 3.63) is 33.8 Å². The molecule has 0 bridgehead atoms. The van der Waals surface area contributed by atoms with Crippen LogP contribution in [0.2, 0.25) is 5.02 Å². The number of ether oxygens (including phenoxy) is 1. The second-order valence-electron chi connectivity index (χ2n) is 6.22. The number of carbonyl (C=O) groups is 1. The first-order valence-electron chi connectivity index (χ1n) is 8.93. The number of unbranched alkanes of at least 4 members (excludes halogenated alkanes) is 1. The number of morpholine rings is 1. The Balaban J connectivity index is 1.78. The van der Waals surface area contributed by atoms with Gasteiger partial charge in [-0.1, -0.05) is 36.3 Å².